The molecule has 4 nitrogen and oxygen atoms in total. The van der Waals surface area contributed by atoms with Crippen LogP contribution in [-0.2, 0) is 17.8 Å². The summed E-state index contributed by atoms with van der Waals surface area (Å²) in [5.41, 5.74) is 2.16. The molecule has 0 fully saturated rings. The minimum Gasteiger partial charge on any atom is -0.352 e. The summed E-state index contributed by atoms with van der Waals surface area (Å²) in [5.74, 6) is -0.0392. The normalized spacial score (nSPS) is 12.2. The van der Waals surface area contributed by atoms with Crippen molar-refractivity contribution in [3.8, 4) is 0 Å². The molecule has 1 atom stereocenters. The van der Waals surface area contributed by atoms with Crippen molar-refractivity contribution in [2.45, 2.75) is 32.9 Å². The van der Waals surface area contributed by atoms with Gasteiger partial charge >= 0.3 is 0 Å². The second kappa shape index (κ2) is 6.57. The molecule has 2 rings (SSSR count). The van der Waals surface area contributed by atoms with Gasteiger partial charge in [0.2, 0.25) is 5.91 Å². The van der Waals surface area contributed by atoms with Gasteiger partial charge in [-0.1, -0.05) is 23.7 Å². The minimum atomic E-state index is -0.0392. The van der Waals surface area contributed by atoms with Gasteiger partial charge in [-0.05, 0) is 43.5 Å². The van der Waals surface area contributed by atoms with Crippen LogP contribution >= 0.6 is 11.6 Å². The van der Waals surface area contributed by atoms with Crippen LogP contribution in [0.2, 0.25) is 5.02 Å². The Morgan fingerprint density at radius 3 is 2.95 bits per heavy atom. The summed E-state index contributed by atoms with van der Waals surface area (Å²) in [7, 11) is 0. The van der Waals surface area contributed by atoms with Crippen LogP contribution in [0.25, 0.3) is 0 Å². The minimum absolute atomic E-state index is 0.0392. The molecule has 0 saturated carbocycles. The van der Waals surface area contributed by atoms with E-state index in [4.69, 9.17) is 11.6 Å². The largest absolute Gasteiger partial charge is 0.352 e. The number of carbonyl (C=O) groups excluding carboxylic acids is 1. The highest BCUT2D eigenvalue weighted by Gasteiger charge is 2.09. The molecule has 0 spiro atoms. The zero-order chi connectivity index (χ0) is 14.5. The van der Waals surface area contributed by atoms with Crippen LogP contribution in [0, 0.1) is 6.92 Å². The van der Waals surface area contributed by atoms with Crippen LogP contribution < -0.4 is 5.32 Å². The van der Waals surface area contributed by atoms with Crippen LogP contribution in [0.15, 0.2) is 36.7 Å². The molecule has 1 aromatic heterocycles. The van der Waals surface area contributed by atoms with Crippen molar-refractivity contribution >= 4 is 17.5 Å². The van der Waals surface area contributed by atoms with E-state index in [0.717, 1.165) is 17.5 Å². The highest BCUT2D eigenvalue weighted by molar-refractivity contribution is 6.30. The molecule has 1 amide bonds. The zero-order valence-electron chi connectivity index (χ0n) is 11.6. The molecule has 1 N–H and O–H groups in total. The number of hydrogen-bond acceptors (Lipinski definition) is 2. The Labute approximate surface area is 123 Å². The van der Waals surface area contributed by atoms with E-state index in [1.165, 1.54) is 0 Å². The summed E-state index contributed by atoms with van der Waals surface area (Å²) in [4.78, 5) is 11.9. The fourth-order valence-corrected chi connectivity index (χ4v) is 2.30. The third-order valence-corrected chi connectivity index (χ3v) is 3.14. The maximum Gasteiger partial charge on any atom is 0.241 e. The number of hydrogen-bond donors (Lipinski definition) is 1. The molecule has 5 heteroatoms. The van der Waals surface area contributed by atoms with E-state index in [0.29, 0.717) is 5.02 Å². The van der Waals surface area contributed by atoms with Crippen LogP contribution in [0.3, 0.4) is 0 Å². The van der Waals surface area contributed by atoms with Crippen molar-refractivity contribution in [3.05, 3.63) is 52.8 Å². The lowest BCUT2D eigenvalue weighted by Gasteiger charge is -2.14. The number of aromatic nitrogens is 2. The first kappa shape index (κ1) is 14.6. The first-order chi connectivity index (χ1) is 9.52. The second-order valence-electron chi connectivity index (χ2n) is 5.02. The van der Waals surface area contributed by atoms with Crippen LogP contribution in [0.1, 0.15) is 18.1 Å². The number of carbonyl (C=O) groups is 1. The number of nitrogens with one attached hydrogen (secondary N) is 1. The van der Waals surface area contributed by atoms with Crippen molar-refractivity contribution in [1.29, 1.82) is 0 Å². The molecule has 0 bridgehead atoms. The first-order valence-corrected chi connectivity index (χ1v) is 6.93. The van der Waals surface area contributed by atoms with Gasteiger partial charge < -0.3 is 5.32 Å². The molecule has 106 valence electrons. The van der Waals surface area contributed by atoms with Gasteiger partial charge in [-0.2, -0.15) is 5.10 Å². The predicted octanol–water partition coefficient (Wildman–Crippen LogP) is 2.59. The maximum absolute atomic E-state index is 11.9. The van der Waals surface area contributed by atoms with Gasteiger partial charge in [-0.15, -0.1) is 0 Å². The Balaban J connectivity index is 1.84. The smallest absolute Gasteiger partial charge is 0.241 e. The highest BCUT2D eigenvalue weighted by Crippen LogP contribution is 2.12. The monoisotopic (exact) mass is 291 g/mol. The standard InChI is InChI=1S/C15H18ClN3O/c1-11-8-17-19(9-11)10-15(20)18-12(2)6-13-4-3-5-14(16)7-13/h3-5,7-9,12H,6,10H2,1-2H3,(H,18,20). The van der Waals surface area contributed by atoms with E-state index in [1.54, 1.807) is 10.9 Å². The lowest BCUT2D eigenvalue weighted by atomic mass is 10.1. The molecular formula is C15H18ClN3O. The molecule has 0 radical (unpaired) electrons. The van der Waals surface area contributed by atoms with Gasteiger partial charge in [-0.25, -0.2) is 0 Å². The second-order valence-corrected chi connectivity index (χ2v) is 5.45. The van der Waals surface area contributed by atoms with Crippen molar-refractivity contribution in [1.82, 2.24) is 15.1 Å². The van der Waals surface area contributed by atoms with Crippen molar-refractivity contribution < 1.29 is 4.79 Å². The SMILES string of the molecule is Cc1cnn(CC(=O)NC(C)Cc2cccc(Cl)c2)c1. The van der Waals surface area contributed by atoms with E-state index in [-0.39, 0.29) is 18.5 Å². The van der Waals surface area contributed by atoms with Gasteiger partial charge in [0.1, 0.15) is 6.54 Å². The van der Waals surface area contributed by atoms with Gasteiger partial charge in [0.05, 0.1) is 6.20 Å². The van der Waals surface area contributed by atoms with Crippen LogP contribution in [0.4, 0.5) is 0 Å². The third kappa shape index (κ3) is 4.38. The number of benzene rings is 1. The Kier molecular flexibility index (Phi) is 4.79. The quantitative estimate of drug-likeness (QED) is 0.920. The molecule has 20 heavy (non-hydrogen) atoms. The molecule has 1 unspecified atom stereocenters. The fraction of sp³-hybridized carbons (Fsp3) is 0.333. The first-order valence-electron chi connectivity index (χ1n) is 6.56. The number of amides is 1. The third-order valence-electron chi connectivity index (χ3n) is 2.91. The molecule has 0 saturated heterocycles. The maximum atomic E-state index is 11.9. The number of nitrogens with zero attached hydrogens (tertiary/aromatic N) is 2. The fourth-order valence-electron chi connectivity index (χ4n) is 2.09. The van der Waals surface area contributed by atoms with Gasteiger partial charge in [0, 0.05) is 17.3 Å². The van der Waals surface area contributed by atoms with Gasteiger partial charge in [0.25, 0.3) is 0 Å². The molecular weight excluding hydrogens is 274 g/mol. The number of aryl methyl sites for hydroxylation is 1. The predicted molar refractivity (Wildman–Crippen MR) is 79.7 cm³/mol. The summed E-state index contributed by atoms with van der Waals surface area (Å²) in [6.07, 6.45) is 4.34. The van der Waals surface area contributed by atoms with E-state index in [9.17, 15) is 4.79 Å². The van der Waals surface area contributed by atoms with E-state index < -0.39 is 0 Å². The molecule has 1 aromatic carbocycles. The molecule has 1 heterocycles. The Morgan fingerprint density at radius 2 is 2.30 bits per heavy atom. The topological polar surface area (TPSA) is 46.9 Å². The van der Waals surface area contributed by atoms with Crippen LogP contribution in [0.5, 0.6) is 0 Å². The van der Waals surface area contributed by atoms with Crippen molar-refractivity contribution in [2.24, 2.45) is 0 Å². The lowest BCUT2D eigenvalue weighted by Crippen LogP contribution is -2.36. The average molecular weight is 292 g/mol. The van der Waals surface area contributed by atoms with E-state index >= 15 is 0 Å². The summed E-state index contributed by atoms with van der Waals surface area (Å²) < 4.78 is 1.64. The average Bonchev–Trinajstić information content (AvgIpc) is 2.74. The highest BCUT2D eigenvalue weighted by atomic mass is 35.5. The van der Waals surface area contributed by atoms with E-state index in [1.807, 2.05) is 44.3 Å². The summed E-state index contributed by atoms with van der Waals surface area (Å²) in [5, 5.41) is 7.78. The Bertz CT molecular complexity index is 594. The zero-order valence-corrected chi connectivity index (χ0v) is 12.4. The lowest BCUT2D eigenvalue weighted by molar-refractivity contribution is -0.122. The van der Waals surface area contributed by atoms with Crippen molar-refractivity contribution in [3.63, 3.8) is 0 Å². The summed E-state index contributed by atoms with van der Waals surface area (Å²) >= 11 is 5.94. The molecule has 0 aliphatic rings. The number of rotatable bonds is 5. The van der Waals surface area contributed by atoms with Crippen molar-refractivity contribution in [2.75, 3.05) is 0 Å². The van der Waals surface area contributed by atoms with Crippen LogP contribution in [-0.4, -0.2) is 21.7 Å². The molecule has 0 aliphatic heterocycles. The molecule has 0 aliphatic carbocycles. The Hall–Kier alpha value is -1.81. The molecule has 2 aromatic rings. The number of halogens is 1. The summed E-state index contributed by atoms with van der Waals surface area (Å²) in [6.45, 7) is 4.17. The Morgan fingerprint density at radius 1 is 1.50 bits per heavy atom. The van der Waals surface area contributed by atoms with Gasteiger partial charge in [0.15, 0.2) is 0 Å². The summed E-state index contributed by atoms with van der Waals surface area (Å²) in [6, 6.07) is 7.73. The van der Waals surface area contributed by atoms with Gasteiger partial charge in [-0.3, -0.25) is 9.48 Å². The van der Waals surface area contributed by atoms with E-state index in [2.05, 4.69) is 10.4 Å².